The number of anilines is 1. The van der Waals surface area contributed by atoms with Crippen molar-refractivity contribution in [3.8, 4) is 0 Å². The largest absolute Gasteiger partial charge is 0.342 e. The summed E-state index contributed by atoms with van der Waals surface area (Å²) >= 11 is 0. The molecule has 0 bridgehead atoms. The third-order valence-corrected chi connectivity index (χ3v) is 5.01. The van der Waals surface area contributed by atoms with Crippen LogP contribution < -0.4 is 4.90 Å². The van der Waals surface area contributed by atoms with Crippen molar-refractivity contribution in [1.29, 1.82) is 0 Å². The molecule has 138 valence electrons. The number of amides is 2. The Morgan fingerprint density at radius 1 is 1.08 bits per heavy atom. The lowest BCUT2D eigenvalue weighted by Gasteiger charge is -2.26. The minimum Gasteiger partial charge on any atom is -0.342 e. The average molecular weight is 344 g/mol. The summed E-state index contributed by atoms with van der Waals surface area (Å²) in [6.07, 6.45) is 4.03. The van der Waals surface area contributed by atoms with Crippen LogP contribution in [0.2, 0.25) is 0 Å². The van der Waals surface area contributed by atoms with Crippen molar-refractivity contribution in [2.75, 3.05) is 24.5 Å². The molecule has 0 saturated carbocycles. The summed E-state index contributed by atoms with van der Waals surface area (Å²) in [5.74, 6) is 0.0219. The van der Waals surface area contributed by atoms with E-state index in [0.29, 0.717) is 13.0 Å². The van der Waals surface area contributed by atoms with Gasteiger partial charge in [-0.3, -0.25) is 9.59 Å². The van der Waals surface area contributed by atoms with Gasteiger partial charge in [0.05, 0.1) is 5.92 Å². The lowest BCUT2D eigenvalue weighted by Crippen LogP contribution is -2.38. The summed E-state index contributed by atoms with van der Waals surface area (Å²) in [7, 11) is 0. The molecular weight excluding hydrogens is 312 g/mol. The maximum atomic E-state index is 12.9. The molecule has 0 spiro atoms. The van der Waals surface area contributed by atoms with Crippen LogP contribution in [0.4, 0.5) is 5.69 Å². The van der Waals surface area contributed by atoms with E-state index in [1.165, 1.54) is 11.1 Å². The van der Waals surface area contributed by atoms with Crippen LogP contribution in [0.1, 0.15) is 58.1 Å². The maximum Gasteiger partial charge on any atom is 0.228 e. The van der Waals surface area contributed by atoms with Gasteiger partial charge < -0.3 is 9.80 Å². The molecule has 4 heteroatoms. The molecule has 1 unspecified atom stereocenters. The number of rotatable bonds is 8. The zero-order valence-electron chi connectivity index (χ0n) is 16.2. The highest BCUT2D eigenvalue weighted by Crippen LogP contribution is 2.33. The van der Waals surface area contributed by atoms with Crippen LogP contribution in [-0.4, -0.2) is 36.3 Å². The quantitative estimate of drug-likeness (QED) is 0.719. The highest BCUT2D eigenvalue weighted by atomic mass is 16.2. The number of carbonyl (C=O) groups excluding carboxylic acids is 2. The number of aryl methyl sites for hydroxylation is 2. The van der Waals surface area contributed by atoms with Crippen molar-refractivity contribution in [2.45, 2.75) is 59.8 Å². The molecule has 4 nitrogen and oxygen atoms in total. The van der Waals surface area contributed by atoms with E-state index in [1.54, 1.807) is 0 Å². The molecule has 2 amide bonds. The number of hydrogen-bond donors (Lipinski definition) is 0. The van der Waals surface area contributed by atoms with Crippen molar-refractivity contribution in [2.24, 2.45) is 5.92 Å². The van der Waals surface area contributed by atoms with Crippen molar-refractivity contribution >= 4 is 17.5 Å². The molecular formula is C21H32N2O2. The lowest BCUT2D eigenvalue weighted by atomic mass is 10.0. The molecule has 2 rings (SSSR count). The van der Waals surface area contributed by atoms with Crippen LogP contribution in [0, 0.1) is 5.92 Å². The molecule has 1 atom stereocenters. The van der Waals surface area contributed by atoms with Gasteiger partial charge in [0.1, 0.15) is 0 Å². The Kier molecular flexibility index (Phi) is 7.03. The molecule has 0 N–H and O–H groups in total. The van der Waals surface area contributed by atoms with Crippen LogP contribution in [0.5, 0.6) is 0 Å². The SMILES string of the molecule is CCCN(CCC)C(=O)C1CC(=O)N(c2c(CC)cccc2CC)C1. The van der Waals surface area contributed by atoms with E-state index < -0.39 is 0 Å². The third-order valence-electron chi connectivity index (χ3n) is 5.01. The predicted molar refractivity (Wildman–Crippen MR) is 103 cm³/mol. The van der Waals surface area contributed by atoms with E-state index in [2.05, 4.69) is 45.9 Å². The Morgan fingerprint density at radius 2 is 1.64 bits per heavy atom. The number of hydrogen-bond acceptors (Lipinski definition) is 2. The molecule has 0 radical (unpaired) electrons. The second-order valence-electron chi connectivity index (χ2n) is 6.86. The van der Waals surface area contributed by atoms with Gasteiger partial charge in [0, 0.05) is 31.7 Å². The molecule has 1 aromatic rings. The van der Waals surface area contributed by atoms with Gasteiger partial charge in [-0.05, 0) is 36.8 Å². The van der Waals surface area contributed by atoms with Crippen LogP contribution >= 0.6 is 0 Å². The number of para-hydroxylation sites is 1. The topological polar surface area (TPSA) is 40.6 Å². The fraction of sp³-hybridized carbons (Fsp3) is 0.619. The molecule has 25 heavy (non-hydrogen) atoms. The summed E-state index contributed by atoms with van der Waals surface area (Å²) in [6, 6.07) is 6.25. The Labute approximate surface area is 152 Å². The zero-order chi connectivity index (χ0) is 18.4. The van der Waals surface area contributed by atoms with Gasteiger partial charge >= 0.3 is 0 Å². The Morgan fingerprint density at radius 3 is 2.12 bits per heavy atom. The highest BCUT2D eigenvalue weighted by Gasteiger charge is 2.38. The first-order chi connectivity index (χ1) is 12.1. The highest BCUT2D eigenvalue weighted by molar-refractivity contribution is 6.01. The van der Waals surface area contributed by atoms with Crippen LogP contribution in [-0.2, 0) is 22.4 Å². The minimum absolute atomic E-state index is 0.0851. The van der Waals surface area contributed by atoms with Gasteiger partial charge in [-0.1, -0.05) is 45.9 Å². The van der Waals surface area contributed by atoms with Gasteiger partial charge in [-0.2, -0.15) is 0 Å². The Hall–Kier alpha value is -1.84. The Bertz CT molecular complexity index is 584. The molecule has 1 heterocycles. The van der Waals surface area contributed by atoms with E-state index >= 15 is 0 Å². The predicted octanol–water partition coefficient (Wildman–Crippen LogP) is 3.81. The number of benzene rings is 1. The second-order valence-corrected chi connectivity index (χ2v) is 6.86. The summed E-state index contributed by atoms with van der Waals surface area (Å²) in [6.45, 7) is 10.5. The number of nitrogens with zero attached hydrogens (tertiary/aromatic N) is 2. The van der Waals surface area contributed by atoms with Crippen molar-refractivity contribution in [1.82, 2.24) is 4.90 Å². The van der Waals surface area contributed by atoms with Crippen LogP contribution in [0.25, 0.3) is 0 Å². The second kappa shape index (κ2) is 9.02. The first-order valence-corrected chi connectivity index (χ1v) is 9.77. The smallest absolute Gasteiger partial charge is 0.228 e. The maximum absolute atomic E-state index is 12.9. The van der Waals surface area contributed by atoms with Gasteiger partial charge in [0.25, 0.3) is 0 Å². The summed E-state index contributed by atoms with van der Waals surface area (Å²) in [5, 5.41) is 0. The van der Waals surface area contributed by atoms with E-state index in [1.807, 2.05) is 9.80 Å². The normalized spacial score (nSPS) is 17.2. The van der Waals surface area contributed by atoms with Crippen molar-refractivity contribution in [3.63, 3.8) is 0 Å². The van der Waals surface area contributed by atoms with E-state index in [9.17, 15) is 9.59 Å². The van der Waals surface area contributed by atoms with Gasteiger partial charge in [-0.25, -0.2) is 0 Å². The van der Waals surface area contributed by atoms with E-state index in [0.717, 1.165) is 44.5 Å². The lowest BCUT2D eigenvalue weighted by molar-refractivity contribution is -0.135. The van der Waals surface area contributed by atoms with Gasteiger partial charge in [-0.15, -0.1) is 0 Å². The molecule has 1 fully saturated rings. The van der Waals surface area contributed by atoms with Gasteiger partial charge in [0.2, 0.25) is 11.8 Å². The average Bonchev–Trinajstić information content (AvgIpc) is 3.01. The van der Waals surface area contributed by atoms with Crippen LogP contribution in [0.15, 0.2) is 18.2 Å². The van der Waals surface area contributed by atoms with E-state index in [4.69, 9.17) is 0 Å². The first kappa shape index (κ1) is 19.5. The van der Waals surface area contributed by atoms with Crippen LogP contribution in [0.3, 0.4) is 0 Å². The standard InChI is InChI=1S/C21H32N2O2/c1-5-12-22(13-6-2)21(25)18-14-19(24)23(15-18)20-16(7-3)10-9-11-17(20)8-4/h9-11,18H,5-8,12-15H2,1-4H3. The monoisotopic (exact) mass is 344 g/mol. The fourth-order valence-electron chi connectivity index (χ4n) is 3.78. The number of carbonyl (C=O) groups is 2. The molecule has 1 aliphatic heterocycles. The minimum atomic E-state index is -0.208. The first-order valence-electron chi connectivity index (χ1n) is 9.77. The summed E-state index contributed by atoms with van der Waals surface area (Å²) in [5.41, 5.74) is 3.44. The third kappa shape index (κ3) is 4.23. The zero-order valence-corrected chi connectivity index (χ0v) is 16.2. The Balaban J connectivity index is 2.24. The van der Waals surface area contributed by atoms with E-state index in [-0.39, 0.29) is 17.7 Å². The fourth-order valence-corrected chi connectivity index (χ4v) is 3.78. The molecule has 1 saturated heterocycles. The molecule has 0 aromatic heterocycles. The summed E-state index contributed by atoms with van der Waals surface area (Å²) < 4.78 is 0. The molecule has 0 aliphatic carbocycles. The van der Waals surface area contributed by atoms with Crippen molar-refractivity contribution in [3.05, 3.63) is 29.3 Å². The van der Waals surface area contributed by atoms with Crippen molar-refractivity contribution < 1.29 is 9.59 Å². The molecule has 1 aliphatic rings. The summed E-state index contributed by atoms with van der Waals surface area (Å²) in [4.78, 5) is 29.4. The molecule has 1 aromatic carbocycles. The van der Waals surface area contributed by atoms with Gasteiger partial charge in [0.15, 0.2) is 0 Å².